The highest BCUT2D eigenvalue weighted by Gasteiger charge is 2.29. The van der Waals surface area contributed by atoms with E-state index < -0.39 is 11.6 Å². The van der Waals surface area contributed by atoms with Gasteiger partial charge in [-0.05, 0) is 68.3 Å². The number of aromatic nitrogens is 2. The lowest BCUT2D eigenvalue weighted by molar-refractivity contribution is -0.152. The van der Waals surface area contributed by atoms with Gasteiger partial charge >= 0.3 is 5.97 Å². The van der Waals surface area contributed by atoms with Crippen LogP contribution in [0, 0.1) is 6.92 Å². The second kappa shape index (κ2) is 10.1. The van der Waals surface area contributed by atoms with Crippen molar-refractivity contribution in [2.24, 2.45) is 0 Å². The normalized spacial score (nSPS) is 11.6. The predicted molar refractivity (Wildman–Crippen MR) is 140 cm³/mol. The molecule has 182 valence electrons. The standard InChI is InChI=1S/C28H29BrN2O4/c1-5-26-30-22-15-21(29)11-12-23(22)31(26)16-20-8-6-7-9-25(20)34-17-19-10-13-24(18(2)14-19)35-28(3,4)27(32)33/h6-15H,5,16-17H2,1-4H3,(H,32,33). The first kappa shape index (κ1) is 24.8. The Morgan fingerprint density at radius 2 is 1.86 bits per heavy atom. The molecule has 4 rings (SSSR count). The summed E-state index contributed by atoms with van der Waals surface area (Å²) in [4.78, 5) is 16.2. The molecular formula is C28H29BrN2O4. The molecular weight excluding hydrogens is 508 g/mol. The number of hydrogen-bond donors (Lipinski definition) is 1. The number of nitrogens with zero attached hydrogens (tertiary/aromatic N) is 2. The summed E-state index contributed by atoms with van der Waals surface area (Å²) in [6.07, 6.45) is 0.835. The molecule has 1 aromatic heterocycles. The highest BCUT2D eigenvalue weighted by molar-refractivity contribution is 9.10. The Labute approximate surface area is 213 Å². The molecule has 4 aromatic rings. The Kier molecular flexibility index (Phi) is 7.17. The summed E-state index contributed by atoms with van der Waals surface area (Å²) >= 11 is 3.54. The van der Waals surface area contributed by atoms with Crippen molar-refractivity contribution in [2.45, 2.75) is 52.9 Å². The minimum Gasteiger partial charge on any atom is -0.489 e. The lowest BCUT2D eigenvalue weighted by atomic mass is 10.1. The van der Waals surface area contributed by atoms with Gasteiger partial charge in [0.05, 0.1) is 17.6 Å². The Hall–Kier alpha value is -3.32. The molecule has 0 saturated heterocycles. The van der Waals surface area contributed by atoms with E-state index in [2.05, 4.69) is 39.6 Å². The van der Waals surface area contributed by atoms with Gasteiger partial charge in [0.1, 0.15) is 23.9 Å². The van der Waals surface area contributed by atoms with Crippen LogP contribution in [0.3, 0.4) is 0 Å². The third-order valence-electron chi connectivity index (χ3n) is 5.92. The number of rotatable bonds is 9. The van der Waals surface area contributed by atoms with Crippen LogP contribution in [0.2, 0.25) is 0 Å². The Morgan fingerprint density at radius 3 is 2.57 bits per heavy atom. The molecule has 1 heterocycles. The van der Waals surface area contributed by atoms with Gasteiger partial charge in [-0.3, -0.25) is 0 Å². The molecule has 0 spiro atoms. The molecule has 0 aliphatic rings. The quantitative estimate of drug-likeness (QED) is 0.263. The van der Waals surface area contributed by atoms with Gasteiger partial charge in [0.2, 0.25) is 0 Å². The molecule has 7 heteroatoms. The average molecular weight is 537 g/mol. The fourth-order valence-electron chi connectivity index (χ4n) is 3.94. The first-order chi connectivity index (χ1) is 16.7. The third-order valence-corrected chi connectivity index (χ3v) is 6.41. The Morgan fingerprint density at radius 1 is 1.09 bits per heavy atom. The number of halogens is 1. The summed E-state index contributed by atoms with van der Waals surface area (Å²) in [6, 6.07) is 19.9. The summed E-state index contributed by atoms with van der Waals surface area (Å²) in [5.74, 6) is 1.39. The van der Waals surface area contributed by atoms with Crippen molar-refractivity contribution in [3.8, 4) is 11.5 Å². The fraction of sp³-hybridized carbons (Fsp3) is 0.286. The molecule has 0 aliphatic heterocycles. The number of carboxylic acids is 1. The van der Waals surface area contributed by atoms with Crippen LogP contribution in [0.1, 0.15) is 43.3 Å². The molecule has 0 atom stereocenters. The molecule has 6 nitrogen and oxygen atoms in total. The summed E-state index contributed by atoms with van der Waals surface area (Å²) in [5.41, 5.74) is 3.67. The van der Waals surface area contributed by atoms with E-state index in [1.807, 2.05) is 49.4 Å². The smallest absolute Gasteiger partial charge is 0.347 e. The van der Waals surface area contributed by atoms with Crippen molar-refractivity contribution in [3.05, 3.63) is 87.7 Å². The molecule has 1 N–H and O–H groups in total. The number of carboxylic acid groups (broad SMARTS) is 1. The van der Waals surface area contributed by atoms with Crippen molar-refractivity contribution in [2.75, 3.05) is 0 Å². The molecule has 35 heavy (non-hydrogen) atoms. The summed E-state index contributed by atoms with van der Waals surface area (Å²) in [6.45, 7) is 8.14. The minimum atomic E-state index is -1.30. The van der Waals surface area contributed by atoms with Crippen LogP contribution < -0.4 is 9.47 Å². The number of carbonyl (C=O) groups is 1. The van der Waals surface area contributed by atoms with Crippen molar-refractivity contribution in [3.63, 3.8) is 0 Å². The number of aryl methyl sites for hydroxylation is 2. The second-order valence-corrected chi connectivity index (χ2v) is 9.93. The number of ether oxygens (including phenoxy) is 2. The number of benzene rings is 3. The summed E-state index contributed by atoms with van der Waals surface area (Å²) in [5, 5.41) is 9.33. The molecule has 0 fully saturated rings. The fourth-order valence-corrected chi connectivity index (χ4v) is 4.29. The molecule has 0 amide bonds. The number of aliphatic carboxylic acids is 1. The van der Waals surface area contributed by atoms with Gasteiger partial charge < -0.3 is 19.1 Å². The Bertz CT molecular complexity index is 1380. The van der Waals surface area contributed by atoms with Crippen molar-refractivity contribution in [1.29, 1.82) is 0 Å². The maximum Gasteiger partial charge on any atom is 0.347 e. The van der Waals surface area contributed by atoms with Crippen LogP contribution >= 0.6 is 15.9 Å². The topological polar surface area (TPSA) is 73.6 Å². The number of para-hydroxylation sites is 1. The molecule has 0 unspecified atom stereocenters. The van der Waals surface area contributed by atoms with Gasteiger partial charge in [0, 0.05) is 16.5 Å². The number of fused-ring (bicyclic) bond motifs is 1. The van der Waals surface area contributed by atoms with E-state index in [-0.39, 0.29) is 0 Å². The monoisotopic (exact) mass is 536 g/mol. The van der Waals surface area contributed by atoms with Crippen LogP contribution in [-0.2, 0) is 24.4 Å². The van der Waals surface area contributed by atoms with Crippen molar-refractivity contribution in [1.82, 2.24) is 9.55 Å². The molecule has 0 saturated carbocycles. The van der Waals surface area contributed by atoms with E-state index in [0.717, 1.165) is 50.2 Å². The van der Waals surface area contributed by atoms with Gasteiger partial charge in [-0.15, -0.1) is 0 Å². The average Bonchev–Trinajstić information content (AvgIpc) is 3.16. The van der Waals surface area contributed by atoms with Crippen molar-refractivity contribution >= 4 is 32.9 Å². The summed E-state index contributed by atoms with van der Waals surface area (Å²) < 4.78 is 15.2. The highest BCUT2D eigenvalue weighted by Crippen LogP contribution is 2.28. The largest absolute Gasteiger partial charge is 0.489 e. The van der Waals surface area contributed by atoms with Gasteiger partial charge in [0.25, 0.3) is 0 Å². The number of imidazole rings is 1. The van der Waals surface area contributed by atoms with E-state index in [1.165, 1.54) is 13.8 Å². The van der Waals surface area contributed by atoms with E-state index in [4.69, 9.17) is 14.5 Å². The van der Waals surface area contributed by atoms with Crippen LogP contribution in [-0.4, -0.2) is 26.2 Å². The molecule has 0 radical (unpaired) electrons. The third kappa shape index (κ3) is 5.51. The maximum absolute atomic E-state index is 11.4. The van der Waals surface area contributed by atoms with E-state index in [9.17, 15) is 9.90 Å². The number of hydrogen-bond acceptors (Lipinski definition) is 4. The van der Waals surface area contributed by atoms with E-state index in [1.54, 1.807) is 6.07 Å². The van der Waals surface area contributed by atoms with Crippen LogP contribution in [0.5, 0.6) is 11.5 Å². The predicted octanol–water partition coefficient (Wildman–Crippen LogP) is 6.54. The minimum absolute atomic E-state index is 0.388. The molecule has 0 aliphatic carbocycles. The first-order valence-electron chi connectivity index (χ1n) is 11.5. The van der Waals surface area contributed by atoms with E-state index in [0.29, 0.717) is 18.9 Å². The van der Waals surface area contributed by atoms with Crippen molar-refractivity contribution < 1.29 is 19.4 Å². The molecule has 0 bridgehead atoms. The zero-order valence-electron chi connectivity index (χ0n) is 20.3. The van der Waals surface area contributed by atoms with Gasteiger partial charge in [0.15, 0.2) is 5.60 Å². The highest BCUT2D eigenvalue weighted by atomic mass is 79.9. The summed E-state index contributed by atoms with van der Waals surface area (Å²) in [7, 11) is 0. The van der Waals surface area contributed by atoms with Crippen LogP contribution in [0.4, 0.5) is 0 Å². The van der Waals surface area contributed by atoms with Gasteiger partial charge in [-0.2, -0.15) is 0 Å². The SMILES string of the molecule is CCc1nc2cc(Br)ccc2n1Cc1ccccc1OCc1ccc(OC(C)(C)C(=O)O)c(C)c1. The van der Waals surface area contributed by atoms with Crippen LogP contribution in [0.15, 0.2) is 65.1 Å². The zero-order valence-corrected chi connectivity index (χ0v) is 21.9. The lowest BCUT2D eigenvalue weighted by Gasteiger charge is -2.23. The maximum atomic E-state index is 11.4. The van der Waals surface area contributed by atoms with Gasteiger partial charge in [-0.1, -0.05) is 47.1 Å². The van der Waals surface area contributed by atoms with Crippen LogP contribution in [0.25, 0.3) is 11.0 Å². The lowest BCUT2D eigenvalue weighted by Crippen LogP contribution is -2.38. The zero-order chi connectivity index (χ0) is 25.2. The molecule has 3 aromatic carbocycles. The first-order valence-corrected chi connectivity index (χ1v) is 12.3. The Balaban J connectivity index is 1.53. The van der Waals surface area contributed by atoms with E-state index >= 15 is 0 Å². The van der Waals surface area contributed by atoms with Gasteiger partial charge in [-0.25, -0.2) is 9.78 Å². The second-order valence-electron chi connectivity index (χ2n) is 9.01.